The Hall–Kier alpha value is -1.51. The first-order valence-corrected chi connectivity index (χ1v) is 3.67. The van der Waals surface area contributed by atoms with Crippen LogP contribution in [0.1, 0.15) is 5.56 Å². The normalized spacial score (nSPS) is 8.67. The monoisotopic (exact) mass is 177 g/mol. The Morgan fingerprint density at radius 1 is 1.42 bits per heavy atom. The van der Waals surface area contributed by atoms with E-state index >= 15 is 0 Å². The molecule has 1 rings (SSSR count). The topological polar surface area (TPSA) is 62.2 Å². The summed E-state index contributed by atoms with van der Waals surface area (Å²) < 4.78 is 0. The van der Waals surface area contributed by atoms with Crippen LogP contribution >= 0.6 is 12.2 Å². The number of rotatable bonds is 2. The molecular weight excluding hydrogens is 170 g/mol. The number of nitrogens with zero attached hydrogens (tertiary/aromatic N) is 1. The Morgan fingerprint density at radius 3 is 2.42 bits per heavy atom. The minimum Gasteiger partial charge on any atom is -0.384 e. The van der Waals surface area contributed by atoms with E-state index in [0.717, 1.165) is 5.69 Å². The summed E-state index contributed by atoms with van der Waals surface area (Å²) in [5, 5.41) is 9.37. The van der Waals surface area contributed by atoms with Crippen molar-refractivity contribution >= 4 is 28.9 Å². The highest BCUT2D eigenvalue weighted by Crippen LogP contribution is 2.11. The van der Waals surface area contributed by atoms with Crippen molar-refractivity contribution in [1.29, 1.82) is 5.41 Å². The van der Waals surface area contributed by atoms with Gasteiger partial charge >= 0.3 is 0 Å². The summed E-state index contributed by atoms with van der Waals surface area (Å²) in [6.45, 7) is 0. The molecule has 0 amide bonds. The average Bonchev–Trinajstić information content (AvgIpc) is 2.06. The third kappa shape index (κ3) is 1.99. The highest BCUT2D eigenvalue weighted by atomic mass is 32.1. The third-order valence-corrected chi connectivity index (χ3v) is 1.44. The standard InChI is InChI=1S/C8H7N3S/c9-8(10)6-1-3-7(4-2-6)11-5-12/h1-4H,(H3,9,10). The maximum absolute atomic E-state index is 7.12. The Morgan fingerprint density at radius 2 is 2.00 bits per heavy atom. The van der Waals surface area contributed by atoms with Crippen LogP contribution in [0.4, 0.5) is 5.69 Å². The second-order valence-corrected chi connectivity index (χ2v) is 2.35. The van der Waals surface area contributed by atoms with E-state index in [2.05, 4.69) is 22.4 Å². The van der Waals surface area contributed by atoms with Gasteiger partial charge in [0.15, 0.2) is 0 Å². The van der Waals surface area contributed by atoms with Gasteiger partial charge in [-0.05, 0) is 36.5 Å². The number of benzene rings is 1. The summed E-state index contributed by atoms with van der Waals surface area (Å²) in [4.78, 5) is 3.76. The lowest BCUT2D eigenvalue weighted by Gasteiger charge is -1.96. The minimum atomic E-state index is 0.0490. The molecule has 0 aromatic heterocycles. The zero-order valence-electron chi connectivity index (χ0n) is 6.24. The number of hydrogen-bond acceptors (Lipinski definition) is 3. The van der Waals surface area contributed by atoms with Crippen LogP contribution in [-0.4, -0.2) is 11.0 Å². The highest BCUT2D eigenvalue weighted by Gasteiger charge is 1.94. The minimum absolute atomic E-state index is 0.0490. The molecule has 0 atom stereocenters. The summed E-state index contributed by atoms with van der Waals surface area (Å²) in [7, 11) is 0. The lowest BCUT2D eigenvalue weighted by atomic mass is 10.2. The summed E-state index contributed by atoms with van der Waals surface area (Å²) >= 11 is 4.43. The van der Waals surface area contributed by atoms with Gasteiger partial charge in [-0.1, -0.05) is 0 Å². The van der Waals surface area contributed by atoms with Gasteiger partial charge in [0.05, 0.1) is 10.8 Å². The fraction of sp³-hybridized carbons (Fsp3) is 0. The molecule has 3 N–H and O–H groups in total. The first-order chi connectivity index (χ1) is 5.74. The lowest BCUT2D eigenvalue weighted by Crippen LogP contribution is -2.10. The second-order valence-electron chi connectivity index (χ2n) is 2.16. The molecule has 0 aliphatic heterocycles. The first kappa shape index (κ1) is 8.59. The number of isothiocyanates is 1. The van der Waals surface area contributed by atoms with Gasteiger partial charge in [-0.2, -0.15) is 4.99 Å². The van der Waals surface area contributed by atoms with Gasteiger partial charge in [0.25, 0.3) is 0 Å². The van der Waals surface area contributed by atoms with Crippen LogP contribution in [0.5, 0.6) is 0 Å². The second kappa shape index (κ2) is 3.76. The number of nitrogens with one attached hydrogen (secondary N) is 1. The van der Waals surface area contributed by atoms with Crippen molar-refractivity contribution in [2.75, 3.05) is 0 Å². The van der Waals surface area contributed by atoms with Crippen molar-refractivity contribution in [2.45, 2.75) is 0 Å². The third-order valence-electron chi connectivity index (χ3n) is 1.35. The van der Waals surface area contributed by atoms with E-state index in [-0.39, 0.29) is 5.84 Å². The Labute approximate surface area is 75.4 Å². The van der Waals surface area contributed by atoms with E-state index in [0.29, 0.717) is 5.56 Å². The maximum Gasteiger partial charge on any atom is 0.122 e. The van der Waals surface area contributed by atoms with Gasteiger partial charge in [-0.25, -0.2) is 0 Å². The molecule has 0 aliphatic carbocycles. The fourth-order valence-corrected chi connectivity index (χ4v) is 0.874. The molecule has 1 aromatic carbocycles. The van der Waals surface area contributed by atoms with Gasteiger partial charge in [0, 0.05) is 5.56 Å². The number of thiocarbonyl (C=S) groups is 1. The van der Waals surface area contributed by atoms with Crippen LogP contribution in [0.15, 0.2) is 29.3 Å². The molecule has 0 radical (unpaired) electrons. The fourth-order valence-electron chi connectivity index (χ4n) is 0.768. The summed E-state index contributed by atoms with van der Waals surface area (Å²) in [6, 6.07) is 6.90. The van der Waals surface area contributed by atoms with Crippen LogP contribution in [0.2, 0.25) is 0 Å². The van der Waals surface area contributed by atoms with Crippen molar-refractivity contribution in [3.05, 3.63) is 29.8 Å². The number of amidine groups is 1. The van der Waals surface area contributed by atoms with E-state index < -0.39 is 0 Å². The smallest absolute Gasteiger partial charge is 0.122 e. The largest absolute Gasteiger partial charge is 0.384 e. The molecule has 3 nitrogen and oxygen atoms in total. The van der Waals surface area contributed by atoms with Crippen molar-refractivity contribution < 1.29 is 0 Å². The van der Waals surface area contributed by atoms with Crippen molar-refractivity contribution in [3.8, 4) is 0 Å². The van der Waals surface area contributed by atoms with E-state index in [1.54, 1.807) is 24.3 Å². The van der Waals surface area contributed by atoms with E-state index in [1.165, 1.54) is 0 Å². The van der Waals surface area contributed by atoms with Gasteiger partial charge in [-0.15, -0.1) is 0 Å². The van der Waals surface area contributed by atoms with Crippen LogP contribution in [0, 0.1) is 5.41 Å². The maximum atomic E-state index is 7.12. The zero-order chi connectivity index (χ0) is 8.97. The molecule has 0 saturated heterocycles. The van der Waals surface area contributed by atoms with Crippen molar-refractivity contribution in [3.63, 3.8) is 0 Å². The van der Waals surface area contributed by atoms with Gasteiger partial charge < -0.3 is 5.73 Å². The van der Waals surface area contributed by atoms with Gasteiger partial charge in [0.1, 0.15) is 5.84 Å². The van der Waals surface area contributed by atoms with E-state index in [4.69, 9.17) is 11.1 Å². The van der Waals surface area contributed by atoms with Gasteiger partial charge in [-0.3, -0.25) is 5.41 Å². The molecule has 0 fully saturated rings. The number of nitrogens with two attached hydrogens (primary N) is 1. The Balaban J connectivity index is 3.00. The predicted molar refractivity (Wildman–Crippen MR) is 52.1 cm³/mol. The van der Waals surface area contributed by atoms with Crippen LogP contribution in [0.25, 0.3) is 0 Å². The van der Waals surface area contributed by atoms with Crippen LogP contribution < -0.4 is 5.73 Å². The summed E-state index contributed by atoms with van der Waals surface area (Å²) in [6.07, 6.45) is 0. The molecular formula is C8H7N3S. The van der Waals surface area contributed by atoms with Crippen molar-refractivity contribution in [2.24, 2.45) is 10.7 Å². The first-order valence-electron chi connectivity index (χ1n) is 3.26. The van der Waals surface area contributed by atoms with Crippen molar-refractivity contribution in [1.82, 2.24) is 0 Å². The summed E-state index contributed by atoms with van der Waals surface area (Å²) in [5.41, 5.74) is 6.65. The quantitative estimate of drug-likeness (QED) is 0.410. The van der Waals surface area contributed by atoms with E-state index in [1.807, 2.05) is 0 Å². The molecule has 12 heavy (non-hydrogen) atoms. The molecule has 0 saturated carbocycles. The molecule has 1 aromatic rings. The Kier molecular flexibility index (Phi) is 2.69. The molecule has 0 aliphatic rings. The summed E-state index contributed by atoms with van der Waals surface area (Å²) in [5.74, 6) is 0.0490. The van der Waals surface area contributed by atoms with E-state index in [9.17, 15) is 0 Å². The zero-order valence-corrected chi connectivity index (χ0v) is 7.06. The molecule has 60 valence electrons. The highest BCUT2D eigenvalue weighted by molar-refractivity contribution is 7.78. The molecule has 0 heterocycles. The number of hydrogen-bond donors (Lipinski definition) is 2. The van der Waals surface area contributed by atoms with Gasteiger partial charge in [0.2, 0.25) is 0 Å². The number of nitrogen functional groups attached to an aromatic ring is 1. The lowest BCUT2D eigenvalue weighted by molar-refractivity contribution is 1.42. The molecule has 0 unspecified atom stereocenters. The molecule has 4 heteroatoms. The average molecular weight is 177 g/mol. The van der Waals surface area contributed by atoms with Crippen LogP contribution in [0.3, 0.4) is 0 Å². The number of aliphatic imine (C=N–C) groups is 1. The predicted octanol–water partition coefficient (Wildman–Crippen LogP) is 1.70. The SMILES string of the molecule is N=C(N)c1ccc(N=C=S)cc1. The molecule has 0 spiro atoms. The molecule has 0 bridgehead atoms. The van der Waals surface area contributed by atoms with Crippen LogP contribution in [-0.2, 0) is 0 Å². The Bertz CT molecular complexity index is 315.